The zero-order valence-electron chi connectivity index (χ0n) is 14.4. The van der Waals surface area contributed by atoms with Crippen molar-refractivity contribution in [2.45, 2.75) is 51.2 Å². The maximum absolute atomic E-state index is 13.3. The van der Waals surface area contributed by atoms with Crippen LogP contribution in [-0.2, 0) is 12.8 Å². The van der Waals surface area contributed by atoms with Gasteiger partial charge in [-0.15, -0.1) is 0 Å². The molecule has 1 heterocycles. The Bertz CT molecular complexity index is 785. The first kappa shape index (κ1) is 15.3. The number of rotatable bonds is 2. The van der Waals surface area contributed by atoms with E-state index in [1.807, 2.05) is 24.3 Å². The van der Waals surface area contributed by atoms with Gasteiger partial charge < -0.3 is 10.2 Å². The number of amides is 1. The molecule has 1 aliphatic heterocycles. The van der Waals surface area contributed by atoms with E-state index < -0.39 is 0 Å². The van der Waals surface area contributed by atoms with Crippen molar-refractivity contribution in [3.63, 3.8) is 0 Å². The Labute approximate surface area is 143 Å². The van der Waals surface area contributed by atoms with Gasteiger partial charge in [0.05, 0.1) is 5.56 Å². The van der Waals surface area contributed by atoms with Crippen molar-refractivity contribution in [3.8, 4) is 0 Å². The van der Waals surface area contributed by atoms with E-state index in [-0.39, 0.29) is 17.6 Å². The Hall–Kier alpha value is -2.29. The molecule has 124 valence electrons. The highest BCUT2D eigenvalue weighted by Crippen LogP contribution is 2.41. The van der Waals surface area contributed by atoms with Crippen molar-refractivity contribution in [1.82, 2.24) is 4.90 Å². The number of carbonyl (C=O) groups is 1. The monoisotopic (exact) mass is 320 g/mol. The van der Waals surface area contributed by atoms with Crippen molar-refractivity contribution in [2.75, 3.05) is 5.32 Å². The minimum absolute atomic E-state index is 0.165. The van der Waals surface area contributed by atoms with Crippen LogP contribution in [0.2, 0.25) is 0 Å². The zero-order chi connectivity index (χ0) is 16.7. The molecule has 4 rings (SSSR count). The maximum Gasteiger partial charge on any atom is 0.258 e. The van der Waals surface area contributed by atoms with Gasteiger partial charge in [0, 0.05) is 18.2 Å². The Morgan fingerprint density at radius 2 is 1.83 bits per heavy atom. The van der Waals surface area contributed by atoms with Crippen LogP contribution in [0.25, 0.3) is 0 Å². The van der Waals surface area contributed by atoms with Gasteiger partial charge >= 0.3 is 0 Å². The number of carbonyl (C=O) groups excluding carboxylic acids is 1. The maximum atomic E-state index is 13.3. The molecule has 1 aliphatic carbocycles. The van der Waals surface area contributed by atoms with Gasteiger partial charge in [0.25, 0.3) is 5.91 Å². The summed E-state index contributed by atoms with van der Waals surface area (Å²) in [6, 6.07) is 16.8. The lowest BCUT2D eigenvalue weighted by Crippen LogP contribution is -2.65. The minimum atomic E-state index is -0.310. The highest BCUT2D eigenvalue weighted by molar-refractivity contribution is 6.02. The molecule has 1 N–H and O–H groups in total. The topological polar surface area (TPSA) is 32.3 Å². The molecule has 0 saturated heterocycles. The Balaban J connectivity index is 1.82. The molecule has 2 aromatic rings. The van der Waals surface area contributed by atoms with Crippen LogP contribution in [0.3, 0.4) is 0 Å². The number of benzene rings is 2. The molecule has 0 unspecified atom stereocenters. The van der Waals surface area contributed by atoms with Crippen molar-refractivity contribution in [3.05, 3.63) is 65.2 Å². The standard InChI is InChI=1S/C21H24N2O/c1-3-15(2)23-20(24)18-10-6-7-11-19(18)22-21(23)13-12-16-8-4-5-9-17(16)14-21/h4-11,15,22H,3,12-14H2,1-2H3/t15-,21-/m0/s1. The fourth-order valence-electron chi connectivity index (χ4n) is 4.25. The molecule has 0 radical (unpaired) electrons. The second-order valence-corrected chi connectivity index (χ2v) is 7.08. The van der Waals surface area contributed by atoms with E-state index in [4.69, 9.17) is 0 Å². The second kappa shape index (κ2) is 5.66. The van der Waals surface area contributed by atoms with Gasteiger partial charge in [-0.3, -0.25) is 4.79 Å². The molecule has 0 fully saturated rings. The summed E-state index contributed by atoms with van der Waals surface area (Å²) >= 11 is 0. The summed E-state index contributed by atoms with van der Waals surface area (Å²) in [4.78, 5) is 15.4. The third-order valence-corrected chi connectivity index (χ3v) is 5.65. The summed E-state index contributed by atoms with van der Waals surface area (Å²) in [5, 5.41) is 3.75. The minimum Gasteiger partial charge on any atom is -0.362 e. The first-order valence-electron chi connectivity index (χ1n) is 8.92. The number of fused-ring (bicyclic) bond motifs is 2. The van der Waals surface area contributed by atoms with Crippen molar-refractivity contribution in [2.24, 2.45) is 0 Å². The third-order valence-electron chi connectivity index (χ3n) is 5.65. The summed E-state index contributed by atoms with van der Waals surface area (Å²) in [6.45, 7) is 4.32. The molecule has 2 atom stereocenters. The Morgan fingerprint density at radius 3 is 2.62 bits per heavy atom. The fourth-order valence-corrected chi connectivity index (χ4v) is 4.25. The van der Waals surface area contributed by atoms with Gasteiger partial charge in [-0.1, -0.05) is 43.3 Å². The number of aryl methyl sites for hydroxylation is 1. The molecule has 0 bridgehead atoms. The van der Waals surface area contributed by atoms with Gasteiger partial charge in [-0.2, -0.15) is 0 Å². The van der Waals surface area contributed by atoms with Crippen molar-refractivity contribution < 1.29 is 4.79 Å². The van der Waals surface area contributed by atoms with Gasteiger partial charge in [0.2, 0.25) is 0 Å². The molecule has 3 heteroatoms. The van der Waals surface area contributed by atoms with Crippen LogP contribution in [0.5, 0.6) is 0 Å². The summed E-state index contributed by atoms with van der Waals surface area (Å²) in [7, 11) is 0. The summed E-state index contributed by atoms with van der Waals surface area (Å²) in [6.07, 6.45) is 3.78. The van der Waals surface area contributed by atoms with E-state index in [1.54, 1.807) is 0 Å². The number of hydrogen-bond donors (Lipinski definition) is 1. The molecular formula is C21H24N2O. The third kappa shape index (κ3) is 2.22. The molecule has 0 aromatic heterocycles. The number of nitrogens with zero attached hydrogens (tertiary/aromatic N) is 1. The molecular weight excluding hydrogens is 296 g/mol. The van der Waals surface area contributed by atoms with Gasteiger partial charge in [-0.25, -0.2) is 0 Å². The molecule has 2 aromatic carbocycles. The normalized spacial score (nSPS) is 23.4. The SMILES string of the molecule is CC[C@H](C)N1C(=O)c2ccccc2N[C@@]12CCc1ccccc1C2. The lowest BCUT2D eigenvalue weighted by atomic mass is 9.80. The van der Waals surface area contributed by atoms with Crippen LogP contribution < -0.4 is 5.32 Å². The Kier molecular flexibility index (Phi) is 3.60. The van der Waals surface area contributed by atoms with E-state index in [0.29, 0.717) is 0 Å². The van der Waals surface area contributed by atoms with Crippen LogP contribution in [-0.4, -0.2) is 22.5 Å². The molecule has 3 nitrogen and oxygen atoms in total. The molecule has 24 heavy (non-hydrogen) atoms. The van der Waals surface area contributed by atoms with Gasteiger partial charge in [-0.05, 0) is 49.4 Å². The lowest BCUT2D eigenvalue weighted by molar-refractivity contribution is 0.0317. The van der Waals surface area contributed by atoms with Crippen LogP contribution in [0.4, 0.5) is 5.69 Å². The van der Waals surface area contributed by atoms with Crippen LogP contribution in [0, 0.1) is 0 Å². The van der Waals surface area contributed by atoms with Crippen molar-refractivity contribution >= 4 is 11.6 Å². The summed E-state index contributed by atoms with van der Waals surface area (Å²) in [5.41, 5.74) is 4.23. The molecule has 1 amide bonds. The number of anilines is 1. The van der Waals surface area contributed by atoms with Crippen molar-refractivity contribution in [1.29, 1.82) is 0 Å². The highest BCUT2D eigenvalue weighted by atomic mass is 16.2. The van der Waals surface area contributed by atoms with Crippen LogP contribution in [0.1, 0.15) is 48.2 Å². The number of para-hydroxylation sites is 1. The molecule has 2 aliphatic rings. The first-order chi connectivity index (χ1) is 11.6. The van der Waals surface area contributed by atoms with Crippen LogP contribution >= 0.6 is 0 Å². The highest BCUT2D eigenvalue weighted by Gasteiger charge is 2.47. The van der Waals surface area contributed by atoms with Crippen LogP contribution in [0.15, 0.2) is 48.5 Å². The van der Waals surface area contributed by atoms with Gasteiger partial charge in [0.1, 0.15) is 5.66 Å². The summed E-state index contributed by atoms with van der Waals surface area (Å²) in [5.74, 6) is 0.165. The van der Waals surface area contributed by atoms with Gasteiger partial charge in [0.15, 0.2) is 0 Å². The van der Waals surface area contributed by atoms with E-state index in [1.165, 1.54) is 11.1 Å². The Morgan fingerprint density at radius 1 is 1.12 bits per heavy atom. The predicted octanol–water partition coefficient (Wildman–Crippen LogP) is 4.24. The first-order valence-corrected chi connectivity index (χ1v) is 8.92. The average molecular weight is 320 g/mol. The van der Waals surface area contributed by atoms with E-state index in [9.17, 15) is 4.79 Å². The predicted molar refractivity (Wildman–Crippen MR) is 97.2 cm³/mol. The lowest BCUT2D eigenvalue weighted by Gasteiger charge is -2.53. The molecule has 1 spiro atoms. The number of hydrogen-bond acceptors (Lipinski definition) is 2. The van der Waals surface area contributed by atoms with E-state index >= 15 is 0 Å². The zero-order valence-corrected chi connectivity index (χ0v) is 14.4. The van der Waals surface area contributed by atoms with E-state index in [0.717, 1.165) is 36.9 Å². The largest absolute Gasteiger partial charge is 0.362 e. The average Bonchev–Trinajstić information content (AvgIpc) is 2.61. The molecule has 0 saturated carbocycles. The summed E-state index contributed by atoms with van der Waals surface area (Å²) < 4.78 is 0. The second-order valence-electron chi connectivity index (χ2n) is 7.08. The smallest absolute Gasteiger partial charge is 0.258 e. The number of nitrogens with one attached hydrogen (secondary N) is 1. The quantitative estimate of drug-likeness (QED) is 0.897. The fraction of sp³-hybridized carbons (Fsp3) is 0.381. The van der Waals surface area contributed by atoms with E-state index in [2.05, 4.69) is 48.3 Å².